The average Bonchev–Trinajstić information content (AvgIpc) is 3.21. The number of Topliss-reactive ketones (excluding diaryl/α,β-unsaturated/α-hetero) is 1. The molecule has 1 unspecified atom stereocenters. The van der Waals surface area contributed by atoms with Gasteiger partial charge in [0.25, 0.3) is 11.7 Å². The lowest BCUT2D eigenvalue weighted by Crippen LogP contribution is -2.29. The van der Waals surface area contributed by atoms with Gasteiger partial charge in [-0.15, -0.1) is 0 Å². The lowest BCUT2D eigenvalue weighted by molar-refractivity contribution is -0.132. The molecule has 0 saturated carbocycles. The lowest BCUT2D eigenvalue weighted by atomic mass is 9.93. The van der Waals surface area contributed by atoms with Gasteiger partial charge in [0.1, 0.15) is 11.5 Å². The van der Waals surface area contributed by atoms with Crippen LogP contribution >= 0.6 is 0 Å². The lowest BCUT2D eigenvalue weighted by Gasteiger charge is -2.27. The van der Waals surface area contributed by atoms with Crippen LogP contribution in [0.1, 0.15) is 41.6 Å². The third-order valence-electron chi connectivity index (χ3n) is 6.36. The normalized spacial score (nSPS) is 16.3. The Labute approximate surface area is 221 Å². The first kappa shape index (κ1) is 26.3. The number of benzene rings is 3. The van der Waals surface area contributed by atoms with E-state index >= 15 is 0 Å². The fourth-order valence-corrected chi connectivity index (χ4v) is 4.54. The second-order valence-electron chi connectivity index (χ2n) is 8.74. The van der Waals surface area contributed by atoms with Crippen LogP contribution in [0.5, 0.6) is 17.2 Å². The molecule has 3 aromatic carbocycles. The fourth-order valence-electron chi connectivity index (χ4n) is 4.54. The van der Waals surface area contributed by atoms with Crippen LogP contribution in [0.15, 0.2) is 66.2 Å². The third-order valence-corrected chi connectivity index (χ3v) is 6.36. The molecule has 0 aromatic heterocycles. The summed E-state index contributed by atoms with van der Waals surface area (Å²) in [4.78, 5) is 28.3. The first-order valence-corrected chi connectivity index (χ1v) is 12.1. The number of methoxy groups -OCH3 is 2. The molecule has 1 atom stereocenters. The summed E-state index contributed by atoms with van der Waals surface area (Å²) in [5, 5.41) is 20.7. The summed E-state index contributed by atoms with van der Waals surface area (Å²) < 4.78 is 16.8. The number of aryl methyl sites for hydroxylation is 1. The maximum absolute atomic E-state index is 13.5. The van der Waals surface area contributed by atoms with Gasteiger partial charge in [-0.05, 0) is 67.4 Å². The number of rotatable bonds is 8. The van der Waals surface area contributed by atoms with Gasteiger partial charge in [0.15, 0.2) is 11.5 Å². The third kappa shape index (κ3) is 4.66. The molecule has 1 saturated heterocycles. The molecule has 3 aromatic rings. The van der Waals surface area contributed by atoms with Gasteiger partial charge in [-0.25, -0.2) is 0 Å². The summed E-state index contributed by atoms with van der Waals surface area (Å²) in [5.74, 6) is -0.571. The van der Waals surface area contributed by atoms with Gasteiger partial charge in [0, 0.05) is 16.8 Å². The molecule has 38 heavy (non-hydrogen) atoms. The molecule has 4 rings (SSSR count). The van der Waals surface area contributed by atoms with Crippen molar-refractivity contribution < 1.29 is 28.9 Å². The number of anilines is 1. The number of para-hydroxylation sites is 1. The summed E-state index contributed by atoms with van der Waals surface area (Å²) in [6, 6.07) is 17.6. The summed E-state index contributed by atoms with van der Waals surface area (Å²) in [6.07, 6.45) is 0.850. The van der Waals surface area contributed by atoms with E-state index in [1.807, 2.05) is 19.9 Å². The maximum atomic E-state index is 13.5. The van der Waals surface area contributed by atoms with Crippen molar-refractivity contribution >= 4 is 23.1 Å². The Morgan fingerprint density at radius 2 is 1.76 bits per heavy atom. The predicted octanol–water partition coefficient (Wildman–Crippen LogP) is 5.30. The van der Waals surface area contributed by atoms with E-state index < -0.39 is 17.7 Å². The number of hydrogen-bond acceptors (Lipinski definition) is 7. The predicted molar refractivity (Wildman–Crippen MR) is 142 cm³/mol. The van der Waals surface area contributed by atoms with Crippen LogP contribution in [-0.2, 0) is 9.59 Å². The molecular weight excluding hydrogens is 484 g/mol. The molecule has 0 bridgehead atoms. The van der Waals surface area contributed by atoms with Gasteiger partial charge in [-0.3, -0.25) is 14.5 Å². The number of carbonyl (C=O) groups excluding carboxylic acids is 2. The summed E-state index contributed by atoms with van der Waals surface area (Å²) >= 11 is 0. The number of nitriles is 1. The molecule has 1 N–H and O–H groups in total. The number of aliphatic hydroxyl groups excluding tert-OH is 1. The van der Waals surface area contributed by atoms with Crippen molar-refractivity contribution in [1.29, 1.82) is 5.26 Å². The minimum absolute atomic E-state index is 0.0902. The fraction of sp³-hybridized carbons (Fsp3) is 0.233. The number of ether oxygens (including phenoxy) is 3. The number of carbonyl (C=O) groups is 2. The zero-order chi connectivity index (χ0) is 27.4. The van der Waals surface area contributed by atoms with Gasteiger partial charge in [0.05, 0.1) is 44.1 Å². The van der Waals surface area contributed by atoms with Crippen LogP contribution in [0.2, 0.25) is 0 Å². The smallest absolute Gasteiger partial charge is 0.300 e. The Hall–Kier alpha value is -4.77. The zero-order valence-electron chi connectivity index (χ0n) is 21.6. The van der Waals surface area contributed by atoms with Crippen LogP contribution in [0, 0.1) is 18.3 Å². The van der Waals surface area contributed by atoms with E-state index in [1.165, 1.54) is 19.1 Å². The highest BCUT2D eigenvalue weighted by molar-refractivity contribution is 6.51. The van der Waals surface area contributed by atoms with E-state index in [9.17, 15) is 20.0 Å². The molecule has 8 nitrogen and oxygen atoms in total. The number of nitrogens with zero attached hydrogens (tertiary/aromatic N) is 2. The molecule has 1 heterocycles. The average molecular weight is 513 g/mol. The van der Waals surface area contributed by atoms with Crippen molar-refractivity contribution in [2.45, 2.75) is 26.3 Å². The molecule has 1 aliphatic rings. The molecule has 1 amide bonds. The SMILES string of the molecule is CCCOc1ccc(/C(O)=C2/C(=O)C(=O)N(c3ccc(C#N)cc3)C2c2cccc(OC)c2OC)cc1C. The second kappa shape index (κ2) is 11.1. The Kier molecular flexibility index (Phi) is 7.68. The van der Waals surface area contributed by atoms with Crippen molar-refractivity contribution in [3.8, 4) is 23.3 Å². The number of ketones is 1. The van der Waals surface area contributed by atoms with Crippen LogP contribution in [-0.4, -0.2) is 37.6 Å². The van der Waals surface area contributed by atoms with E-state index in [1.54, 1.807) is 60.7 Å². The molecule has 1 fully saturated rings. The van der Waals surface area contributed by atoms with Crippen LogP contribution in [0.3, 0.4) is 0 Å². The maximum Gasteiger partial charge on any atom is 0.300 e. The van der Waals surface area contributed by atoms with E-state index in [4.69, 9.17) is 14.2 Å². The molecule has 0 radical (unpaired) electrons. The van der Waals surface area contributed by atoms with Crippen molar-refractivity contribution in [2.75, 3.05) is 25.7 Å². The summed E-state index contributed by atoms with van der Waals surface area (Å²) in [6.45, 7) is 4.41. The van der Waals surface area contributed by atoms with Crippen LogP contribution < -0.4 is 19.1 Å². The molecule has 1 aliphatic heterocycles. The number of amides is 1. The largest absolute Gasteiger partial charge is 0.507 e. The van der Waals surface area contributed by atoms with E-state index in [-0.39, 0.29) is 11.3 Å². The summed E-state index contributed by atoms with van der Waals surface area (Å²) in [7, 11) is 2.96. The van der Waals surface area contributed by atoms with Crippen molar-refractivity contribution in [3.05, 3.63) is 88.5 Å². The minimum Gasteiger partial charge on any atom is -0.507 e. The van der Waals surface area contributed by atoms with Gasteiger partial charge in [0.2, 0.25) is 0 Å². The number of hydrogen-bond donors (Lipinski definition) is 1. The van der Waals surface area contributed by atoms with E-state index in [2.05, 4.69) is 0 Å². The van der Waals surface area contributed by atoms with Gasteiger partial charge in [-0.2, -0.15) is 5.26 Å². The molecule has 194 valence electrons. The van der Waals surface area contributed by atoms with Crippen molar-refractivity contribution in [2.24, 2.45) is 0 Å². The second-order valence-corrected chi connectivity index (χ2v) is 8.74. The van der Waals surface area contributed by atoms with Gasteiger partial charge in [-0.1, -0.05) is 19.1 Å². The Morgan fingerprint density at radius 3 is 2.37 bits per heavy atom. The van der Waals surface area contributed by atoms with Crippen LogP contribution in [0.4, 0.5) is 5.69 Å². The highest BCUT2D eigenvalue weighted by Crippen LogP contribution is 2.47. The van der Waals surface area contributed by atoms with Gasteiger partial charge >= 0.3 is 0 Å². The van der Waals surface area contributed by atoms with Crippen molar-refractivity contribution in [3.63, 3.8) is 0 Å². The highest BCUT2D eigenvalue weighted by Gasteiger charge is 2.48. The highest BCUT2D eigenvalue weighted by atomic mass is 16.5. The standard InChI is InChI=1S/C30H28N2O6/c1-5-15-38-23-14-11-20(16-18(23)2)27(33)25-26(22-7-6-8-24(36-3)29(22)37-4)32(30(35)28(25)34)21-12-9-19(17-31)10-13-21/h6-14,16,26,33H,5,15H2,1-4H3/b27-25-. The molecule has 0 spiro atoms. The Morgan fingerprint density at radius 1 is 1.03 bits per heavy atom. The zero-order valence-corrected chi connectivity index (χ0v) is 21.6. The Balaban J connectivity index is 1.95. The quantitative estimate of drug-likeness (QED) is 0.248. The minimum atomic E-state index is -1.02. The monoisotopic (exact) mass is 512 g/mol. The first-order chi connectivity index (χ1) is 18.4. The van der Waals surface area contributed by atoms with E-state index in [0.717, 1.165) is 12.0 Å². The summed E-state index contributed by atoms with van der Waals surface area (Å²) in [5.41, 5.74) is 2.31. The Bertz CT molecular complexity index is 1450. The molecule has 0 aliphatic carbocycles. The molecular formula is C30H28N2O6. The molecule has 8 heteroatoms. The first-order valence-electron chi connectivity index (χ1n) is 12.1. The number of aliphatic hydroxyl groups is 1. The topological polar surface area (TPSA) is 109 Å². The van der Waals surface area contributed by atoms with Crippen LogP contribution in [0.25, 0.3) is 5.76 Å². The van der Waals surface area contributed by atoms with Gasteiger partial charge < -0.3 is 19.3 Å². The van der Waals surface area contributed by atoms with Crippen molar-refractivity contribution in [1.82, 2.24) is 0 Å². The van der Waals surface area contributed by atoms with E-state index in [0.29, 0.717) is 46.2 Å².